The predicted molar refractivity (Wildman–Crippen MR) is 55.2 cm³/mol. The number of oxazole rings is 1. The molecule has 88 valence electrons. The molecule has 0 aliphatic carbocycles. The van der Waals surface area contributed by atoms with E-state index in [-0.39, 0.29) is 11.8 Å². The molecule has 16 heavy (non-hydrogen) atoms. The maximum atomic E-state index is 10.5. The van der Waals surface area contributed by atoms with Gasteiger partial charge in [-0.05, 0) is 12.8 Å². The Morgan fingerprint density at radius 3 is 2.88 bits per heavy atom. The smallest absolute Gasteiger partial charge is 0.311 e. The molecule has 5 nitrogen and oxygen atoms in total. The molecule has 1 N–H and O–H groups in total. The van der Waals surface area contributed by atoms with Crippen LogP contribution in [0.25, 0.3) is 0 Å². The van der Waals surface area contributed by atoms with Crippen LogP contribution in [0, 0.1) is 0 Å². The fourth-order valence-corrected chi connectivity index (χ4v) is 1.85. The summed E-state index contributed by atoms with van der Waals surface area (Å²) >= 11 is 0. The van der Waals surface area contributed by atoms with E-state index in [4.69, 9.17) is 14.3 Å². The molecule has 0 radical (unpaired) electrons. The topological polar surface area (TPSA) is 72.6 Å². The highest BCUT2D eigenvalue weighted by molar-refractivity contribution is 5.69. The van der Waals surface area contributed by atoms with Gasteiger partial charge < -0.3 is 14.3 Å². The molecule has 0 aromatic carbocycles. The zero-order valence-electron chi connectivity index (χ0n) is 9.23. The highest BCUT2D eigenvalue weighted by Crippen LogP contribution is 2.33. The molecular formula is C11H15NO4. The molecule has 0 unspecified atom stereocenters. The van der Waals surface area contributed by atoms with Crippen molar-refractivity contribution < 1.29 is 19.1 Å². The standard InChI is InChI=1S/C11H15NO4/c1-11(2-4-15-5-3-11)10-12-7-8(16-10)6-9(13)14/h7H,2-6H2,1H3,(H,13,14). The third-order valence-corrected chi connectivity index (χ3v) is 2.99. The maximum absolute atomic E-state index is 10.5. The summed E-state index contributed by atoms with van der Waals surface area (Å²) in [5.74, 6) is 0.141. The molecular weight excluding hydrogens is 210 g/mol. The van der Waals surface area contributed by atoms with Gasteiger partial charge in [0.05, 0.1) is 6.20 Å². The molecule has 1 fully saturated rings. The number of aromatic nitrogens is 1. The van der Waals surface area contributed by atoms with Gasteiger partial charge in [0.15, 0.2) is 5.89 Å². The van der Waals surface area contributed by atoms with Crippen LogP contribution in [-0.2, 0) is 21.4 Å². The SMILES string of the molecule is CC1(c2ncc(CC(=O)O)o2)CCOCC1. The number of carbonyl (C=O) groups is 1. The highest BCUT2D eigenvalue weighted by atomic mass is 16.5. The van der Waals surface area contributed by atoms with Gasteiger partial charge in [0.2, 0.25) is 0 Å². The summed E-state index contributed by atoms with van der Waals surface area (Å²) in [6.07, 6.45) is 3.11. The Labute approximate surface area is 93.4 Å². The largest absolute Gasteiger partial charge is 0.481 e. The predicted octanol–water partition coefficient (Wildman–Crippen LogP) is 1.37. The van der Waals surface area contributed by atoms with Crippen LogP contribution in [0.5, 0.6) is 0 Å². The van der Waals surface area contributed by atoms with E-state index in [1.54, 1.807) is 0 Å². The van der Waals surface area contributed by atoms with Crippen molar-refractivity contribution >= 4 is 5.97 Å². The highest BCUT2D eigenvalue weighted by Gasteiger charge is 2.34. The molecule has 0 amide bonds. The summed E-state index contributed by atoms with van der Waals surface area (Å²) in [5, 5.41) is 8.64. The Morgan fingerprint density at radius 1 is 1.56 bits per heavy atom. The van der Waals surface area contributed by atoms with E-state index >= 15 is 0 Å². The van der Waals surface area contributed by atoms with Crippen LogP contribution in [0.1, 0.15) is 31.4 Å². The molecule has 1 saturated heterocycles. The van der Waals surface area contributed by atoms with Crippen LogP contribution in [-0.4, -0.2) is 29.3 Å². The van der Waals surface area contributed by atoms with Crippen molar-refractivity contribution in [2.75, 3.05) is 13.2 Å². The van der Waals surface area contributed by atoms with E-state index in [1.807, 2.05) is 0 Å². The summed E-state index contributed by atoms with van der Waals surface area (Å²) in [7, 11) is 0. The number of carboxylic acid groups (broad SMARTS) is 1. The lowest BCUT2D eigenvalue weighted by Crippen LogP contribution is -2.30. The van der Waals surface area contributed by atoms with Gasteiger partial charge >= 0.3 is 5.97 Å². The van der Waals surface area contributed by atoms with Gasteiger partial charge in [0, 0.05) is 18.6 Å². The minimum absolute atomic E-state index is 0.112. The van der Waals surface area contributed by atoms with Gasteiger partial charge in [0.1, 0.15) is 12.2 Å². The van der Waals surface area contributed by atoms with Gasteiger partial charge in [-0.15, -0.1) is 0 Å². The van der Waals surface area contributed by atoms with Gasteiger partial charge in [-0.25, -0.2) is 4.98 Å². The minimum Gasteiger partial charge on any atom is -0.481 e. The lowest BCUT2D eigenvalue weighted by Gasteiger charge is -2.30. The van der Waals surface area contributed by atoms with Crippen molar-refractivity contribution in [3.05, 3.63) is 17.8 Å². The van der Waals surface area contributed by atoms with Crippen LogP contribution in [0.15, 0.2) is 10.6 Å². The lowest BCUT2D eigenvalue weighted by atomic mass is 9.82. The number of ether oxygens (including phenoxy) is 1. The second-order valence-corrected chi connectivity index (χ2v) is 4.38. The first-order valence-electron chi connectivity index (χ1n) is 5.35. The quantitative estimate of drug-likeness (QED) is 0.841. The third-order valence-electron chi connectivity index (χ3n) is 2.99. The fraction of sp³-hybridized carbons (Fsp3) is 0.636. The molecule has 1 aromatic heterocycles. The van der Waals surface area contributed by atoms with Crippen molar-refractivity contribution in [1.82, 2.24) is 4.98 Å². The van der Waals surface area contributed by atoms with E-state index in [0.29, 0.717) is 24.9 Å². The van der Waals surface area contributed by atoms with Crippen molar-refractivity contribution in [1.29, 1.82) is 0 Å². The van der Waals surface area contributed by atoms with Gasteiger partial charge in [-0.2, -0.15) is 0 Å². The Balaban J connectivity index is 2.13. The molecule has 2 heterocycles. The molecule has 1 aromatic rings. The van der Waals surface area contributed by atoms with Gasteiger partial charge in [-0.1, -0.05) is 6.92 Å². The number of aliphatic carboxylic acids is 1. The Kier molecular flexibility index (Phi) is 2.96. The first kappa shape index (κ1) is 11.1. The fourth-order valence-electron chi connectivity index (χ4n) is 1.85. The second-order valence-electron chi connectivity index (χ2n) is 4.38. The average Bonchev–Trinajstić information content (AvgIpc) is 2.67. The normalized spacial score (nSPS) is 19.6. The monoisotopic (exact) mass is 225 g/mol. The summed E-state index contributed by atoms with van der Waals surface area (Å²) in [6, 6.07) is 0. The van der Waals surface area contributed by atoms with Crippen LogP contribution in [0.3, 0.4) is 0 Å². The van der Waals surface area contributed by atoms with Gasteiger partial charge in [-0.3, -0.25) is 4.79 Å². The Hall–Kier alpha value is -1.36. The van der Waals surface area contributed by atoms with Crippen molar-refractivity contribution in [3.8, 4) is 0 Å². The zero-order chi connectivity index (χ0) is 11.6. The molecule has 0 spiro atoms. The summed E-state index contributed by atoms with van der Waals surface area (Å²) in [6.45, 7) is 3.48. The maximum Gasteiger partial charge on any atom is 0.311 e. The molecule has 5 heteroatoms. The van der Waals surface area contributed by atoms with Crippen molar-refractivity contribution in [2.45, 2.75) is 31.6 Å². The average molecular weight is 225 g/mol. The van der Waals surface area contributed by atoms with E-state index in [1.165, 1.54) is 6.20 Å². The van der Waals surface area contributed by atoms with Crippen molar-refractivity contribution in [3.63, 3.8) is 0 Å². The van der Waals surface area contributed by atoms with Crippen LogP contribution >= 0.6 is 0 Å². The number of carboxylic acids is 1. The van der Waals surface area contributed by atoms with E-state index in [9.17, 15) is 4.79 Å². The molecule has 1 aliphatic heterocycles. The van der Waals surface area contributed by atoms with E-state index in [0.717, 1.165) is 12.8 Å². The minimum atomic E-state index is -0.903. The third kappa shape index (κ3) is 2.24. The molecule has 0 atom stereocenters. The van der Waals surface area contributed by atoms with Crippen molar-refractivity contribution in [2.24, 2.45) is 0 Å². The first-order valence-corrected chi connectivity index (χ1v) is 5.35. The number of hydrogen-bond donors (Lipinski definition) is 1. The molecule has 1 aliphatic rings. The number of nitrogens with zero attached hydrogens (tertiary/aromatic N) is 1. The first-order chi connectivity index (χ1) is 7.60. The molecule has 2 rings (SSSR count). The van der Waals surface area contributed by atoms with E-state index < -0.39 is 5.97 Å². The second kappa shape index (κ2) is 4.25. The van der Waals surface area contributed by atoms with Gasteiger partial charge in [0.25, 0.3) is 0 Å². The summed E-state index contributed by atoms with van der Waals surface area (Å²) < 4.78 is 10.8. The van der Waals surface area contributed by atoms with Crippen LogP contribution in [0.4, 0.5) is 0 Å². The Bertz CT molecular complexity index is 379. The summed E-state index contributed by atoms with van der Waals surface area (Å²) in [5.41, 5.74) is -0.116. The van der Waals surface area contributed by atoms with Crippen LogP contribution in [0.2, 0.25) is 0 Å². The lowest BCUT2D eigenvalue weighted by molar-refractivity contribution is -0.136. The van der Waals surface area contributed by atoms with Crippen LogP contribution < -0.4 is 0 Å². The summed E-state index contributed by atoms with van der Waals surface area (Å²) in [4.78, 5) is 14.7. The molecule has 0 bridgehead atoms. The number of rotatable bonds is 3. The van der Waals surface area contributed by atoms with E-state index in [2.05, 4.69) is 11.9 Å². The zero-order valence-corrected chi connectivity index (χ0v) is 9.23. The number of hydrogen-bond acceptors (Lipinski definition) is 4. The molecule has 0 saturated carbocycles. The Morgan fingerprint density at radius 2 is 2.25 bits per heavy atom.